The highest BCUT2D eigenvalue weighted by Crippen LogP contribution is 2.63. The monoisotopic (exact) mass is 570 g/mol. The van der Waals surface area contributed by atoms with E-state index in [0.29, 0.717) is 4.47 Å². The number of benzene rings is 2. The van der Waals surface area contributed by atoms with Crippen molar-refractivity contribution in [1.82, 2.24) is 0 Å². The van der Waals surface area contributed by atoms with Crippen molar-refractivity contribution in [2.75, 3.05) is 12.4 Å². The number of rotatable bonds is 11. The molecule has 0 fully saturated rings. The van der Waals surface area contributed by atoms with Crippen LogP contribution in [-0.4, -0.2) is 18.0 Å². The van der Waals surface area contributed by atoms with E-state index in [0.717, 1.165) is 28.0 Å². The Labute approximate surface area is 191 Å². The van der Waals surface area contributed by atoms with Gasteiger partial charge in [0.1, 0.15) is 5.75 Å². The summed E-state index contributed by atoms with van der Waals surface area (Å²) < 4.78 is 52.5. The van der Waals surface area contributed by atoms with Crippen molar-refractivity contribution in [3.8, 4) is 5.75 Å². The van der Waals surface area contributed by atoms with E-state index in [4.69, 9.17) is 9.05 Å². The number of alkyl halides is 2. The van der Waals surface area contributed by atoms with Crippen LogP contribution >= 0.6 is 51.2 Å². The van der Waals surface area contributed by atoms with E-state index in [1.54, 1.807) is 18.2 Å². The first kappa shape index (κ1) is 24.9. The molecule has 0 bridgehead atoms. The highest BCUT2D eigenvalue weighted by Gasteiger charge is 2.53. The van der Waals surface area contributed by atoms with Crippen molar-refractivity contribution in [1.29, 1.82) is 0 Å². The molecule has 0 aromatic heterocycles. The van der Waals surface area contributed by atoms with E-state index in [1.807, 2.05) is 23.9 Å². The van der Waals surface area contributed by atoms with E-state index in [-0.39, 0.29) is 12.4 Å². The number of hydrogen-bond donors (Lipinski definition) is 0. The van der Waals surface area contributed by atoms with Crippen molar-refractivity contribution in [3.05, 3.63) is 62.5 Å². The van der Waals surface area contributed by atoms with E-state index in [9.17, 15) is 13.3 Å². The minimum atomic E-state index is -4.62. The lowest BCUT2D eigenvalue weighted by molar-refractivity contribution is 0.0484. The Morgan fingerprint density at radius 3 is 2.31 bits per heavy atom. The Kier molecular flexibility index (Phi) is 9.68. The molecule has 0 aliphatic carbocycles. The van der Waals surface area contributed by atoms with Gasteiger partial charge in [0.15, 0.2) is 0 Å². The van der Waals surface area contributed by atoms with Crippen LogP contribution in [0.15, 0.2) is 51.4 Å². The number of thioether (sulfide) groups is 1. The second-order valence-corrected chi connectivity index (χ2v) is 11.2. The molecule has 1 atom stereocenters. The van der Waals surface area contributed by atoms with Crippen LogP contribution in [0.5, 0.6) is 5.75 Å². The summed E-state index contributed by atoms with van der Waals surface area (Å²) in [5, 5.41) is 0. The summed E-state index contributed by atoms with van der Waals surface area (Å²) in [7, 11) is -4.62. The topological polar surface area (TPSA) is 35.5 Å². The first-order valence-corrected chi connectivity index (χ1v) is 13.4. The van der Waals surface area contributed by atoms with Crippen molar-refractivity contribution < 1.29 is 22.4 Å². The van der Waals surface area contributed by atoms with Gasteiger partial charge in [0.05, 0.1) is 11.1 Å². The molecule has 3 nitrogen and oxygen atoms in total. The third-order valence-electron chi connectivity index (χ3n) is 4.06. The Morgan fingerprint density at radius 2 is 1.72 bits per heavy atom. The Hall–Kier alpha value is -0.400. The molecule has 2 rings (SSSR count). The number of halogens is 4. The predicted octanol–water partition coefficient (Wildman–Crippen LogP) is 8.30. The fourth-order valence-corrected chi connectivity index (χ4v) is 5.78. The van der Waals surface area contributed by atoms with Crippen LogP contribution < -0.4 is 4.52 Å². The number of hydrogen-bond acceptors (Lipinski definition) is 4. The molecule has 2 aromatic rings. The average molecular weight is 572 g/mol. The first-order valence-electron chi connectivity index (χ1n) is 9.13. The third-order valence-corrected chi connectivity index (χ3v) is 8.39. The summed E-state index contributed by atoms with van der Waals surface area (Å²) in [6, 6.07) is 13.4. The third kappa shape index (κ3) is 7.06. The first-order chi connectivity index (χ1) is 13.7. The SMILES string of the molecule is CCOP(=O)(Oc1ccc(CCSCc2ccc(Br)cc2)cc1Br)C(F)(F)CC. The summed E-state index contributed by atoms with van der Waals surface area (Å²) in [4.78, 5) is 0. The fourth-order valence-electron chi connectivity index (χ4n) is 2.42. The van der Waals surface area contributed by atoms with Gasteiger partial charge in [0.2, 0.25) is 0 Å². The van der Waals surface area contributed by atoms with Crippen LogP contribution in [0, 0.1) is 0 Å². The molecule has 0 aliphatic heterocycles. The summed E-state index contributed by atoms with van der Waals surface area (Å²) in [5.74, 6) is 1.91. The molecule has 9 heteroatoms. The minimum absolute atomic E-state index is 0.0844. The summed E-state index contributed by atoms with van der Waals surface area (Å²) in [6.07, 6.45) is 0.184. The van der Waals surface area contributed by atoms with Crippen LogP contribution in [0.25, 0.3) is 0 Å². The van der Waals surface area contributed by atoms with Crippen molar-refractivity contribution >= 4 is 51.2 Å². The second kappa shape index (κ2) is 11.3. The van der Waals surface area contributed by atoms with Crippen molar-refractivity contribution in [2.45, 2.75) is 38.1 Å². The second-order valence-electron chi connectivity index (χ2n) is 6.22. The number of aryl methyl sites for hydroxylation is 1. The van der Waals surface area contributed by atoms with Crippen LogP contribution in [0.4, 0.5) is 8.78 Å². The van der Waals surface area contributed by atoms with E-state index in [2.05, 4.69) is 44.0 Å². The maximum atomic E-state index is 14.1. The van der Waals surface area contributed by atoms with Gasteiger partial charge in [0.25, 0.3) is 0 Å². The highest BCUT2D eigenvalue weighted by molar-refractivity contribution is 9.10. The van der Waals surface area contributed by atoms with Crippen LogP contribution in [-0.2, 0) is 21.3 Å². The summed E-state index contributed by atoms with van der Waals surface area (Å²) in [6.45, 7) is 2.63. The van der Waals surface area contributed by atoms with Crippen molar-refractivity contribution in [3.63, 3.8) is 0 Å². The van der Waals surface area contributed by atoms with E-state index < -0.39 is 19.7 Å². The van der Waals surface area contributed by atoms with Gasteiger partial charge in [0, 0.05) is 16.6 Å². The quantitative estimate of drug-likeness (QED) is 0.201. The van der Waals surface area contributed by atoms with Crippen LogP contribution in [0.2, 0.25) is 0 Å². The maximum Gasteiger partial charge on any atom is 0.448 e. The molecule has 1 unspecified atom stereocenters. The van der Waals surface area contributed by atoms with Gasteiger partial charge in [-0.15, -0.1) is 0 Å². The van der Waals surface area contributed by atoms with Crippen LogP contribution in [0.3, 0.4) is 0 Å². The van der Waals surface area contributed by atoms with Crippen LogP contribution in [0.1, 0.15) is 31.4 Å². The van der Waals surface area contributed by atoms with Gasteiger partial charge in [-0.1, -0.05) is 41.1 Å². The zero-order valence-corrected chi connectivity index (χ0v) is 21.1. The lowest BCUT2D eigenvalue weighted by Crippen LogP contribution is -2.21. The van der Waals surface area contributed by atoms with Gasteiger partial charge in [-0.2, -0.15) is 20.5 Å². The van der Waals surface area contributed by atoms with Gasteiger partial charge < -0.3 is 4.52 Å². The molecular formula is C20H23Br2F2O3PS. The largest absolute Gasteiger partial charge is 0.448 e. The van der Waals surface area contributed by atoms with E-state index in [1.165, 1.54) is 19.4 Å². The molecule has 0 heterocycles. The summed E-state index contributed by atoms with van der Waals surface area (Å²) in [5.41, 5.74) is -1.27. The smallest absolute Gasteiger partial charge is 0.419 e. The zero-order valence-electron chi connectivity index (χ0n) is 16.2. The maximum absolute atomic E-state index is 14.1. The van der Waals surface area contributed by atoms with Gasteiger partial charge in [-0.05, 0) is 70.4 Å². The Morgan fingerprint density at radius 1 is 1.07 bits per heavy atom. The molecule has 0 amide bonds. The molecule has 0 saturated heterocycles. The molecule has 0 saturated carbocycles. The van der Waals surface area contributed by atoms with Crippen molar-refractivity contribution in [2.24, 2.45) is 0 Å². The summed E-state index contributed by atoms with van der Waals surface area (Å²) >= 11 is 8.57. The Bertz CT molecular complexity index is 850. The molecule has 0 radical (unpaired) electrons. The fraction of sp³-hybridized carbons (Fsp3) is 0.400. The minimum Gasteiger partial charge on any atom is -0.419 e. The van der Waals surface area contributed by atoms with Gasteiger partial charge >= 0.3 is 13.3 Å². The van der Waals surface area contributed by atoms with Gasteiger partial charge in [-0.25, -0.2) is 4.57 Å². The molecule has 0 aliphatic rings. The predicted molar refractivity (Wildman–Crippen MR) is 123 cm³/mol. The standard InChI is InChI=1S/C20H23Br2F2O3PS/c1-3-20(23,24)28(25,26-4-2)27-19-10-7-15(13-18(19)22)11-12-29-14-16-5-8-17(21)9-6-16/h5-10,13H,3-4,11-12,14H2,1-2H3. The lowest BCUT2D eigenvalue weighted by atomic mass is 10.2. The normalized spacial score (nSPS) is 13.9. The lowest BCUT2D eigenvalue weighted by Gasteiger charge is -2.26. The molecular weight excluding hydrogens is 549 g/mol. The van der Waals surface area contributed by atoms with E-state index >= 15 is 0 Å². The molecule has 0 spiro atoms. The zero-order chi connectivity index (χ0) is 21.5. The highest BCUT2D eigenvalue weighted by atomic mass is 79.9. The molecule has 160 valence electrons. The average Bonchev–Trinajstić information content (AvgIpc) is 2.68. The van der Waals surface area contributed by atoms with Gasteiger partial charge in [-0.3, -0.25) is 4.52 Å². The Balaban J connectivity index is 1.96. The molecule has 2 aromatic carbocycles. The molecule has 29 heavy (non-hydrogen) atoms. The molecule has 0 N–H and O–H groups in total.